The van der Waals surface area contributed by atoms with Crippen molar-refractivity contribution in [3.8, 4) is 5.75 Å². The van der Waals surface area contributed by atoms with Crippen molar-refractivity contribution in [3.05, 3.63) is 46.8 Å². The molecule has 0 atom stereocenters. The van der Waals surface area contributed by atoms with Gasteiger partial charge in [0.2, 0.25) is 0 Å². The van der Waals surface area contributed by atoms with Crippen molar-refractivity contribution in [1.29, 1.82) is 0 Å². The van der Waals surface area contributed by atoms with Crippen LogP contribution in [0.15, 0.2) is 36.7 Å². The van der Waals surface area contributed by atoms with E-state index < -0.39 is 4.92 Å². The highest BCUT2D eigenvalue weighted by Gasteiger charge is 2.19. The molecule has 22 heavy (non-hydrogen) atoms. The number of methoxy groups -OCH3 is 1. The van der Waals surface area contributed by atoms with Gasteiger partial charge in [-0.25, -0.2) is 4.98 Å². The molecule has 7 nitrogen and oxygen atoms in total. The third-order valence-electron chi connectivity index (χ3n) is 3.76. The number of aromatic nitrogens is 3. The molecular weight excluding hydrogens is 284 g/mol. The maximum absolute atomic E-state index is 11.3. The Morgan fingerprint density at radius 2 is 2.09 bits per heavy atom. The number of fused-ring (bicyclic) bond motifs is 5. The molecule has 2 aromatic heterocycles. The van der Waals surface area contributed by atoms with Crippen LogP contribution >= 0.6 is 0 Å². The summed E-state index contributed by atoms with van der Waals surface area (Å²) in [4.78, 5) is 15.2. The number of nitrogens with zero attached hydrogens (tertiary/aromatic N) is 3. The van der Waals surface area contributed by atoms with Gasteiger partial charge in [-0.1, -0.05) is 0 Å². The van der Waals surface area contributed by atoms with E-state index >= 15 is 0 Å². The van der Waals surface area contributed by atoms with Crippen molar-refractivity contribution in [2.75, 3.05) is 7.11 Å². The average molecular weight is 294 g/mol. The Morgan fingerprint density at radius 1 is 1.23 bits per heavy atom. The predicted molar refractivity (Wildman–Crippen MR) is 82.1 cm³/mol. The molecule has 2 aromatic carbocycles. The molecule has 0 aliphatic carbocycles. The summed E-state index contributed by atoms with van der Waals surface area (Å²) < 4.78 is 5.21. The molecule has 0 bridgehead atoms. The van der Waals surface area contributed by atoms with E-state index in [4.69, 9.17) is 4.74 Å². The van der Waals surface area contributed by atoms with Crippen LogP contribution in [0.4, 0.5) is 5.69 Å². The number of benzene rings is 2. The second-order valence-electron chi connectivity index (χ2n) is 4.92. The minimum atomic E-state index is -0.426. The first kappa shape index (κ1) is 12.5. The average Bonchev–Trinajstić information content (AvgIpc) is 3.01. The van der Waals surface area contributed by atoms with E-state index in [1.165, 1.54) is 6.07 Å². The van der Waals surface area contributed by atoms with E-state index in [1.807, 2.05) is 18.2 Å². The Morgan fingerprint density at radius 3 is 2.86 bits per heavy atom. The third kappa shape index (κ3) is 1.62. The van der Waals surface area contributed by atoms with E-state index in [0.717, 1.165) is 21.5 Å². The zero-order chi connectivity index (χ0) is 15.3. The van der Waals surface area contributed by atoms with Crippen molar-refractivity contribution < 1.29 is 9.66 Å². The zero-order valence-electron chi connectivity index (χ0n) is 11.5. The number of nitrogens with one attached hydrogen (secondary N) is 1. The lowest BCUT2D eigenvalue weighted by Crippen LogP contribution is -1.93. The largest absolute Gasteiger partial charge is 0.497 e. The second kappa shape index (κ2) is 4.39. The van der Waals surface area contributed by atoms with Gasteiger partial charge in [-0.3, -0.25) is 15.2 Å². The summed E-state index contributed by atoms with van der Waals surface area (Å²) in [6.45, 7) is 0. The molecule has 0 spiro atoms. The van der Waals surface area contributed by atoms with Crippen LogP contribution in [0.3, 0.4) is 0 Å². The van der Waals surface area contributed by atoms with E-state index in [1.54, 1.807) is 19.5 Å². The summed E-state index contributed by atoms with van der Waals surface area (Å²) in [5.41, 5.74) is 0.936. The summed E-state index contributed by atoms with van der Waals surface area (Å²) in [7, 11) is 1.59. The van der Waals surface area contributed by atoms with Gasteiger partial charge in [0.15, 0.2) is 0 Å². The maximum atomic E-state index is 11.3. The molecule has 108 valence electrons. The normalized spacial score (nSPS) is 11.3. The quantitative estimate of drug-likeness (QED) is 0.348. The Bertz CT molecular complexity index is 1050. The minimum absolute atomic E-state index is 0.0375. The highest BCUT2D eigenvalue weighted by Crippen LogP contribution is 2.36. The van der Waals surface area contributed by atoms with Crippen molar-refractivity contribution >= 4 is 38.3 Å². The van der Waals surface area contributed by atoms with Crippen LogP contribution in [0.1, 0.15) is 0 Å². The summed E-state index contributed by atoms with van der Waals surface area (Å²) >= 11 is 0. The maximum Gasteiger partial charge on any atom is 0.297 e. The molecule has 7 heteroatoms. The molecule has 4 aromatic rings. The lowest BCUT2D eigenvalue weighted by molar-refractivity contribution is -0.383. The van der Waals surface area contributed by atoms with Crippen molar-refractivity contribution in [1.82, 2.24) is 15.2 Å². The number of hydrogen-bond donors (Lipinski definition) is 1. The number of ether oxygens (including phenoxy) is 1. The van der Waals surface area contributed by atoms with Crippen LogP contribution in [0.25, 0.3) is 32.6 Å². The number of H-pyrrole nitrogens is 1. The van der Waals surface area contributed by atoms with Crippen LogP contribution in [-0.2, 0) is 0 Å². The van der Waals surface area contributed by atoms with Gasteiger partial charge in [-0.15, -0.1) is 0 Å². The third-order valence-corrected chi connectivity index (χ3v) is 3.76. The molecule has 0 unspecified atom stereocenters. The van der Waals surface area contributed by atoms with E-state index in [-0.39, 0.29) is 5.69 Å². The van der Waals surface area contributed by atoms with Crippen LogP contribution in [0.5, 0.6) is 5.75 Å². The SMILES string of the molecule is COc1ccc2c(cnc3c([N+](=O)[O-])cc4[nH]ncc4c32)c1. The fourth-order valence-electron chi connectivity index (χ4n) is 2.74. The fraction of sp³-hybridized carbons (Fsp3) is 0.0667. The first-order valence-corrected chi connectivity index (χ1v) is 6.56. The summed E-state index contributed by atoms with van der Waals surface area (Å²) in [6.07, 6.45) is 3.28. The molecular formula is C15H10N4O3. The number of aromatic amines is 1. The lowest BCUT2D eigenvalue weighted by atomic mass is 10.0. The van der Waals surface area contributed by atoms with Gasteiger partial charge in [-0.2, -0.15) is 5.10 Å². The van der Waals surface area contributed by atoms with E-state index in [9.17, 15) is 10.1 Å². The first-order chi connectivity index (χ1) is 10.7. The molecule has 0 saturated heterocycles. The molecule has 0 amide bonds. The number of hydrogen-bond acceptors (Lipinski definition) is 5. The van der Waals surface area contributed by atoms with Crippen molar-refractivity contribution in [2.45, 2.75) is 0 Å². The van der Waals surface area contributed by atoms with Gasteiger partial charge >= 0.3 is 0 Å². The zero-order valence-corrected chi connectivity index (χ0v) is 11.5. The van der Waals surface area contributed by atoms with Crippen LogP contribution in [0, 0.1) is 10.1 Å². The second-order valence-corrected chi connectivity index (χ2v) is 4.92. The summed E-state index contributed by atoms with van der Waals surface area (Å²) in [6, 6.07) is 7.03. The Kier molecular flexibility index (Phi) is 2.50. The standard InChI is InChI=1S/C15H10N4O3/c1-22-9-2-3-10-8(4-9)6-16-15-13(19(20)21)5-12-11(14(10)15)7-17-18-12/h2-7H,1H3,(H,17,18). The number of pyridine rings is 1. The van der Waals surface area contributed by atoms with Crippen molar-refractivity contribution in [3.63, 3.8) is 0 Å². The van der Waals surface area contributed by atoms with Crippen LogP contribution < -0.4 is 4.74 Å². The van der Waals surface area contributed by atoms with E-state index in [0.29, 0.717) is 16.8 Å². The van der Waals surface area contributed by atoms with Gasteiger partial charge < -0.3 is 4.74 Å². The van der Waals surface area contributed by atoms with Crippen LogP contribution in [-0.4, -0.2) is 27.2 Å². The van der Waals surface area contributed by atoms with E-state index in [2.05, 4.69) is 15.2 Å². The highest BCUT2D eigenvalue weighted by molar-refractivity contribution is 6.20. The molecule has 0 aliphatic rings. The molecule has 2 heterocycles. The van der Waals surface area contributed by atoms with Crippen LogP contribution in [0.2, 0.25) is 0 Å². The topological polar surface area (TPSA) is 93.9 Å². The summed E-state index contributed by atoms with van der Waals surface area (Å²) in [5, 5.41) is 21.4. The van der Waals surface area contributed by atoms with Crippen molar-refractivity contribution in [2.24, 2.45) is 0 Å². The minimum Gasteiger partial charge on any atom is -0.497 e. The number of nitro benzene ring substituents is 1. The van der Waals surface area contributed by atoms with Gasteiger partial charge in [0.1, 0.15) is 11.3 Å². The fourth-order valence-corrected chi connectivity index (χ4v) is 2.74. The Balaban J connectivity index is 2.26. The molecule has 1 N–H and O–H groups in total. The van der Waals surface area contributed by atoms with Gasteiger partial charge in [-0.05, 0) is 23.6 Å². The highest BCUT2D eigenvalue weighted by atomic mass is 16.6. The number of rotatable bonds is 2. The smallest absolute Gasteiger partial charge is 0.297 e. The van der Waals surface area contributed by atoms with Gasteiger partial charge in [0.05, 0.1) is 23.7 Å². The molecule has 0 saturated carbocycles. The Labute approximate surface area is 123 Å². The lowest BCUT2D eigenvalue weighted by Gasteiger charge is -2.07. The monoisotopic (exact) mass is 294 g/mol. The number of nitro groups is 1. The Hall–Kier alpha value is -3.22. The van der Waals surface area contributed by atoms with Gasteiger partial charge in [0.25, 0.3) is 5.69 Å². The van der Waals surface area contributed by atoms with Gasteiger partial charge in [0, 0.05) is 28.4 Å². The predicted octanol–water partition coefficient (Wildman–Crippen LogP) is 3.18. The molecule has 0 radical (unpaired) electrons. The molecule has 4 rings (SSSR count). The first-order valence-electron chi connectivity index (χ1n) is 6.56. The molecule has 0 aliphatic heterocycles. The number of non-ortho nitro benzene ring substituents is 1. The summed E-state index contributed by atoms with van der Waals surface area (Å²) in [5.74, 6) is 0.711. The molecule has 0 fully saturated rings.